The van der Waals surface area contributed by atoms with Crippen molar-refractivity contribution in [3.63, 3.8) is 0 Å². The number of hydrogen-bond acceptors (Lipinski definition) is 3. The van der Waals surface area contributed by atoms with E-state index >= 15 is 0 Å². The third kappa shape index (κ3) is 4.34. The number of rotatable bonds is 6. The number of ether oxygens (including phenoxy) is 1. The zero-order chi connectivity index (χ0) is 15.9. The molecule has 0 spiro atoms. The summed E-state index contributed by atoms with van der Waals surface area (Å²) in [5.74, 6) is -0.817. The summed E-state index contributed by atoms with van der Waals surface area (Å²) >= 11 is 0. The molecule has 1 fully saturated rings. The normalized spacial score (nSPS) is 17.3. The number of likely N-dealkylation sites (tertiary alicyclic amines) is 1. The highest BCUT2D eigenvalue weighted by molar-refractivity contribution is 5.80. The van der Waals surface area contributed by atoms with Gasteiger partial charge in [-0.2, -0.15) is 0 Å². The molecule has 1 atom stereocenters. The maximum Gasteiger partial charge on any atom is 0.317 e. The number of nitrogens with two attached hydrogens (primary N) is 1. The van der Waals surface area contributed by atoms with Crippen molar-refractivity contribution in [1.29, 1.82) is 0 Å². The molecule has 1 heterocycles. The first-order valence-corrected chi connectivity index (χ1v) is 7.27. The number of benzene rings is 1. The second-order valence-corrected chi connectivity index (χ2v) is 5.20. The second-order valence-electron chi connectivity index (χ2n) is 5.20. The van der Waals surface area contributed by atoms with Gasteiger partial charge in [-0.05, 0) is 25.0 Å². The molecule has 2 rings (SSSR count). The van der Waals surface area contributed by atoms with E-state index in [0.29, 0.717) is 39.1 Å². The van der Waals surface area contributed by atoms with Gasteiger partial charge in [-0.1, -0.05) is 12.1 Å². The van der Waals surface area contributed by atoms with E-state index < -0.39 is 5.82 Å². The van der Waals surface area contributed by atoms with Crippen molar-refractivity contribution in [2.75, 3.05) is 26.2 Å². The van der Waals surface area contributed by atoms with Crippen LogP contribution in [0.2, 0.25) is 0 Å². The molecule has 0 unspecified atom stereocenters. The lowest BCUT2D eigenvalue weighted by Crippen LogP contribution is -2.40. The summed E-state index contributed by atoms with van der Waals surface area (Å²) in [5.41, 5.74) is 5.22. The monoisotopic (exact) mass is 309 g/mol. The van der Waals surface area contributed by atoms with Crippen LogP contribution in [0.1, 0.15) is 12.8 Å². The number of carbonyl (C=O) groups excluding carboxylic acids is 2. The number of urea groups is 1. The summed E-state index contributed by atoms with van der Waals surface area (Å²) in [5, 5.41) is 2.75. The fraction of sp³-hybridized carbons (Fsp3) is 0.467. The third-order valence-electron chi connectivity index (χ3n) is 3.57. The van der Waals surface area contributed by atoms with Crippen LogP contribution in [0.4, 0.5) is 9.18 Å². The van der Waals surface area contributed by atoms with Gasteiger partial charge < -0.3 is 20.7 Å². The van der Waals surface area contributed by atoms with Gasteiger partial charge in [0.15, 0.2) is 11.6 Å². The van der Waals surface area contributed by atoms with Gasteiger partial charge in [-0.15, -0.1) is 0 Å². The van der Waals surface area contributed by atoms with Gasteiger partial charge in [-0.25, -0.2) is 9.18 Å². The quantitative estimate of drug-likeness (QED) is 0.772. The van der Waals surface area contributed by atoms with Crippen LogP contribution >= 0.6 is 0 Å². The van der Waals surface area contributed by atoms with E-state index in [-0.39, 0.29) is 23.6 Å². The lowest BCUT2D eigenvalue weighted by atomic mass is 10.1. The summed E-state index contributed by atoms with van der Waals surface area (Å²) in [6.07, 6.45) is 1.17. The first-order valence-electron chi connectivity index (χ1n) is 7.27. The first kappa shape index (κ1) is 16.1. The molecule has 0 saturated carbocycles. The zero-order valence-corrected chi connectivity index (χ0v) is 12.3. The number of para-hydroxylation sites is 1. The molecule has 0 bridgehead atoms. The van der Waals surface area contributed by atoms with Gasteiger partial charge in [-0.3, -0.25) is 4.79 Å². The number of hydrogen-bond donors (Lipinski definition) is 2. The minimum absolute atomic E-state index is 0.206. The summed E-state index contributed by atoms with van der Waals surface area (Å²) in [4.78, 5) is 24.5. The van der Waals surface area contributed by atoms with Crippen LogP contribution in [0, 0.1) is 11.7 Å². The maximum atomic E-state index is 13.3. The number of carbonyl (C=O) groups is 2. The van der Waals surface area contributed by atoms with E-state index in [0.717, 1.165) is 0 Å². The highest BCUT2D eigenvalue weighted by atomic mass is 19.1. The molecule has 120 valence electrons. The van der Waals surface area contributed by atoms with Crippen molar-refractivity contribution < 1.29 is 18.7 Å². The molecule has 1 aromatic carbocycles. The van der Waals surface area contributed by atoms with Crippen LogP contribution in [0.15, 0.2) is 24.3 Å². The SMILES string of the molecule is NC(=O)[C@@H]1CCN(C(=O)NCCCOc2ccccc2F)C1. The van der Waals surface area contributed by atoms with E-state index in [2.05, 4.69) is 5.32 Å². The van der Waals surface area contributed by atoms with Crippen molar-refractivity contribution in [2.24, 2.45) is 11.7 Å². The number of nitrogens with zero attached hydrogens (tertiary/aromatic N) is 1. The number of nitrogens with one attached hydrogen (secondary N) is 1. The van der Waals surface area contributed by atoms with Crippen LogP contribution in [0.3, 0.4) is 0 Å². The van der Waals surface area contributed by atoms with E-state index in [1.165, 1.54) is 6.07 Å². The third-order valence-corrected chi connectivity index (χ3v) is 3.57. The fourth-order valence-electron chi connectivity index (χ4n) is 2.30. The van der Waals surface area contributed by atoms with E-state index in [1.807, 2.05) is 0 Å². The van der Waals surface area contributed by atoms with E-state index in [9.17, 15) is 14.0 Å². The average Bonchev–Trinajstić information content (AvgIpc) is 2.98. The Kier molecular flexibility index (Phi) is 5.57. The van der Waals surface area contributed by atoms with Gasteiger partial charge in [0.25, 0.3) is 0 Å². The molecule has 3 amide bonds. The average molecular weight is 309 g/mol. The second kappa shape index (κ2) is 7.63. The summed E-state index contributed by atoms with van der Waals surface area (Å²) in [6, 6.07) is 5.97. The smallest absolute Gasteiger partial charge is 0.317 e. The molecule has 1 aliphatic rings. The minimum atomic E-state index is -0.402. The Morgan fingerprint density at radius 3 is 2.86 bits per heavy atom. The number of halogens is 1. The summed E-state index contributed by atoms with van der Waals surface area (Å²) < 4.78 is 18.6. The van der Waals surface area contributed by atoms with E-state index in [1.54, 1.807) is 23.1 Å². The van der Waals surface area contributed by atoms with Crippen molar-refractivity contribution in [2.45, 2.75) is 12.8 Å². The van der Waals surface area contributed by atoms with Crippen molar-refractivity contribution in [1.82, 2.24) is 10.2 Å². The molecule has 6 nitrogen and oxygen atoms in total. The van der Waals surface area contributed by atoms with Crippen molar-refractivity contribution >= 4 is 11.9 Å². The predicted octanol–water partition coefficient (Wildman–Crippen LogP) is 1.11. The first-order chi connectivity index (χ1) is 10.6. The summed E-state index contributed by atoms with van der Waals surface area (Å²) in [7, 11) is 0. The number of amides is 3. The Labute approximate surface area is 128 Å². The zero-order valence-electron chi connectivity index (χ0n) is 12.3. The number of primary amides is 1. The topological polar surface area (TPSA) is 84.7 Å². The van der Waals surface area contributed by atoms with Crippen LogP contribution in [-0.2, 0) is 4.79 Å². The fourth-order valence-corrected chi connectivity index (χ4v) is 2.30. The molecule has 0 aromatic heterocycles. The molecule has 1 saturated heterocycles. The minimum Gasteiger partial charge on any atom is -0.490 e. The molecule has 22 heavy (non-hydrogen) atoms. The summed E-state index contributed by atoms with van der Waals surface area (Å²) in [6.45, 7) is 1.63. The standard InChI is InChI=1S/C15H20FN3O3/c16-12-4-1-2-5-13(12)22-9-3-7-18-15(21)19-8-6-11(10-19)14(17)20/h1-2,4-5,11H,3,6-10H2,(H2,17,20)(H,18,21)/t11-/m1/s1. The van der Waals surface area contributed by atoms with Crippen LogP contribution in [0.25, 0.3) is 0 Å². The molecule has 7 heteroatoms. The van der Waals surface area contributed by atoms with Crippen LogP contribution in [0.5, 0.6) is 5.75 Å². The molecule has 0 aliphatic carbocycles. The van der Waals surface area contributed by atoms with Gasteiger partial charge >= 0.3 is 6.03 Å². The van der Waals surface area contributed by atoms with Crippen LogP contribution in [-0.4, -0.2) is 43.1 Å². The van der Waals surface area contributed by atoms with E-state index in [4.69, 9.17) is 10.5 Å². The van der Waals surface area contributed by atoms with Gasteiger partial charge in [0.1, 0.15) is 0 Å². The largest absolute Gasteiger partial charge is 0.490 e. The lowest BCUT2D eigenvalue weighted by Gasteiger charge is -2.16. The van der Waals surface area contributed by atoms with Crippen molar-refractivity contribution in [3.8, 4) is 5.75 Å². The van der Waals surface area contributed by atoms with Gasteiger partial charge in [0.2, 0.25) is 5.91 Å². The lowest BCUT2D eigenvalue weighted by molar-refractivity contribution is -0.121. The highest BCUT2D eigenvalue weighted by Crippen LogP contribution is 2.16. The van der Waals surface area contributed by atoms with Gasteiger partial charge in [0, 0.05) is 19.6 Å². The molecular weight excluding hydrogens is 289 g/mol. The maximum absolute atomic E-state index is 13.3. The predicted molar refractivity (Wildman–Crippen MR) is 78.8 cm³/mol. The van der Waals surface area contributed by atoms with Crippen LogP contribution < -0.4 is 15.8 Å². The Hall–Kier alpha value is -2.31. The molecule has 1 aliphatic heterocycles. The Bertz CT molecular complexity index is 539. The molecule has 1 aromatic rings. The Morgan fingerprint density at radius 2 is 2.18 bits per heavy atom. The highest BCUT2D eigenvalue weighted by Gasteiger charge is 2.29. The Balaban J connectivity index is 1.62. The van der Waals surface area contributed by atoms with Gasteiger partial charge in [0.05, 0.1) is 12.5 Å². The molecule has 3 N–H and O–H groups in total. The Morgan fingerprint density at radius 1 is 1.41 bits per heavy atom. The van der Waals surface area contributed by atoms with Crippen molar-refractivity contribution in [3.05, 3.63) is 30.1 Å². The molecule has 0 radical (unpaired) electrons. The molecular formula is C15H20FN3O3.